The van der Waals surface area contributed by atoms with Gasteiger partial charge in [0.2, 0.25) is 5.88 Å². The molecule has 0 aliphatic rings. The van der Waals surface area contributed by atoms with Crippen LogP contribution in [0.25, 0.3) is 0 Å². The van der Waals surface area contributed by atoms with Crippen molar-refractivity contribution in [1.82, 2.24) is 4.98 Å². The summed E-state index contributed by atoms with van der Waals surface area (Å²) in [7, 11) is 0. The van der Waals surface area contributed by atoms with Gasteiger partial charge in [-0.25, -0.2) is 9.78 Å². The van der Waals surface area contributed by atoms with Crippen LogP contribution < -0.4 is 10.5 Å². The third-order valence-electron chi connectivity index (χ3n) is 2.37. The van der Waals surface area contributed by atoms with Crippen molar-refractivity contribution in [3.8, 4) is 11.6 Å². The van der Waals surface area contributed by atoms with Crippen molar-refractivity contribution in [1.29, 1.82) is 0 Å². The first-order valence-corrected chi connectivity index (χ1v) is 6.75. The molecule has 20 heavy (non-hydrogen) atoms. The lowest BCUT2D eigenvalue weighted by molar-refractivity contribution is 0.0697. The van der Waals surface area contributed by atoms with E-state index in [1.807, 2.05) is 0 Å². The lowest BCUT2D eigenvalue weighted by Crippen LogP contribution is -2.05. The van der Waals surface area contributed by atoms with E-state index in [2.05, 4.69) is 20.9 Å². The van der Waals surface area contributed by atoms with Crippen molar-refractivity contribution in [2.45, 2.75) is 0 Å². The Morgan fingerprint density at radius 2 is 2.05 bits per heavy atom. The molecule has 104 valence electrons. The third-order valence-corrected chi connectivity index (χ3v) is 3.86. The summed E-state index contributed by atoms with van der Waals surface area (Å²) in [5, 5.41) is 9.64. The zero-order valence-electron chi connectivity index (χ0n) is 9.73. The normalized spacial score (nSPS) is 10.3. The van der Waals surface area contributed by atoms with E-state index in [4.69, 9.17) is 38.8 Å². The first-order chi connectivity index (χ1) is 9.40. The van der Waals surface area contributed by atoms with Gasteiger partial charge in [0.25, 0.3) is 0 Å². The van der Waals surface area contributed by atoms with Gasteiger partial charge < -0.3 is 15.6 Å². The molecule has 2 aromatic rings. The smallest absolute Gasteiger partial charge is 0.338 e. The van der Waals surface area contributed by atoms with Crippen LogP contribution in [0.15, 0.2) is 28.9 Å². The zero-order valence-corrected chi connectivity index (χ0v) is 12.8. The minimum Gasteiger partial charge on any atom is -0.478 e. The van der Waals surface area contributed by atoms with E-state index in [1.54, 1.807) is 6.07 Å². The van der Waals surface area contributed by atoms with Crippen molar-refractivity contribution >= 4 is 50.8 Å². The average molecular weight is 378 g/mol. The standard InChI is InChI=1S/C12H7BrCl2N2O3/c13-6-3-8(15)9(4-7(6)14)20-11-10(16)5(12(18)19)1-2-17-11/h1-4H,16H2,(H,18,19). The molecule has 0 aliphatic carbocycles. The van der Waals surface area contributed by atoms with E-state index < -0.39 is 5.97 Å². The van der Waals surface area contributed by atoms with E-state index in [-0.39, 0.29) is 27.9 Å². The van der Waals surface area contributed by atoms with Gasteiger partial charge >= 0.3 is 5.97 Å². The molecule has 0 saturated carbocycles. The molecule has 0 fully saturated rings. The number of carboxylic acid groups (broad SMARTS) is 1. The predicted molar refractivity (Wildman–Crippen MR) is 79.8 cm³/mol. The number of hydrogen-bond donors (Lipinski definition) is 2. The summed E-state index contributed by atoms with van der Waals surface area (Å²) < 4.78 is 6.04. The quantitative estimate of drug-likeness (QED) is 0.782. The number of carboxylic acids is 1. The van der Waals surface area contributed by atoms with Gasteiger partial charge in [0, 0.05) is 16.7 Å². The average Bonchev–Trinajstić information content (AvgIpc) is 2.37. The molecule has 0 bridgehead atoms. The van der Waals surface area contributed by atoms with Crippen LogP contribution >= 0.6 is 39.1 Å². The molecule has 5 nitrogen and oxygen atoms in total. The van der Waals surface area contributed by atoms with Gasteiger partial charge in [-0.05, 0) is 28.1 Å². The molecular weight excluding hydrogens is 371 g/mol. The number of halogens is 3. The number of hydrogen-bond acceptors (Lipinski definition) is 4. The highest BCUT2D eigenvalue weighted by atomic mass is 79.9. The summed E-state index contributed by atoms with van der Waals surface area (Å²) in [6.45, 7) is 0. The number of pyridine rings is 1. The molecule has 0 unspecified atom stereocenters. The molecule has 0 atom stereocenters. The van der Waals surface area contributed by atoms with Gasteiger partial charge in [-0.2, -0.15) is 0 Å². The minimum atomic E-state index is -1.17. The Morgan fingerprint density at radius 1 is 1.35 bits per heavy atom. The van der Waals surface area contributed by atoms with Crippen molar-refractivity contribution in [2.75, 3.05) is 5.73 Å². The number of ether oxygens (including phenoxy) is 1. The number of nitrogens with zero attached hydrogens (tertiary/aromatic N) is 1. The van der Waals surface area contributed by atoms with Gasteiger partial charge in [-0.1, -0.05) is 23.2 Å². The molecule has 2 rings (SSSR count). The summed E-state index contributed by atoms with van der Waals surface area (Å²) in [6.07, 6.45) is 1.28. The third kappa shape index (κ3) is 2.98. The molecular formula is C12H7BrCl2N2O3. The van der Waals surface area contributed by atoms with Crippen LogP contribution in [0, 0.1) is 0 Å². The molecule has 0 spiro atoms. The molecule has 1 aromatic carbocycles. The Bertz CT molecular complexity index is 695. The SMILES string of the molecule is Nc1c(C(=O)O)ccnc1Oc1cc(Cl)c(Br)cc1Cl. The minimum absolute atomic E-state index is 0.0508. The molecule has 1 aromatic heterocycles. The molecule has 3 N–H and O–H groups in total. The number of carbonyl (C=O) groups is 1. The van der Waals surface area contributed by atoms with E-state index in [0.29, 0.717) is 9.50 Å². The van der Waals surface area contributed by atoms with Crippen molar-refractivity contribution < 1.29 is 14.6 Å². The number of nitrogen functional groups attached to an aromatic ring is 1. The molecule has 8 heteroatoms. The second kappa shape index (κ2) is 5.87. The first kappa shape index (κ1) is 14.9. The summed E-state index contributed by atoms with van der Waals surface area (Å²) in [6, 6.07) is 4.31. The second-order valence-electron chi connectivity index (χ2n) is 3.68. The maximum atomic E-state index is 11.0. The van der Waals surface area contributed by atoms with Crippen molar-refractivity contribution in [3.63, 3.8) is 0 Å². The van der Waals surface area contributed by atoms with E-state index in [1.165, 1.54) is 18.3 Å². The Kier molecular flexibility index (Phi) is 4.37. The van der Waals surface area contributed by atoms with E-state index in [0.717, 1.165) is 0 Å². The maximum Gasteiger partial charge on any atom is 0.338 e. The number of aromatic nitrogens is 1. The van der Waals surface area contributed by atoms with Crippen LogP contribution in [0.4, 0.5) is 5.69 Å². The molecule has 0 saturated heterocycles. The predicted octanol–water partition coefficient (Wildman–Crippen LogP) is 4.22. The van der Waals surface area contributed by atoms with Crippen LogP contribution in [-0.4, -0.2) is 16.1 Å². The number of nitrogens with two attached hydrogens (primary N) is 1. The zero-order chi connectivity index (χ0) is 14.9. The summed E-state index contributed by atoms with van der Waals surface area (Å²) >= 11 is 15.2. The van der Waals surface area contributed by atoms with Crippen LogP contribution in [0.3, 0.4) is 0 Å². The summed E-state index contributed by atoms with van der Waals surface area (Å²) in [5.41, 5.74) is 5.51. The molecule has 0 aliphatic heterocycles. The van der Waals surface area contributed by atoms with Crippen LogP contribution in [-0.2, 0) is 0 Å². The number of rotatable bonds is 3. The van der Waals surface area contributed by atoms with Crippen LogP contribution in [0.5, 0.6) is 11.6 Å². The Morgan fingerprint density at radius 3 is 2.70 bits per heavy atom. The first-order valence-electron chi connectivity index (χ1n) is 5.20. The fourth-order valence-corrected chi connectivity index (χ4v) is 2.24. The largest absolute Gasteiger partial charge is 0.478 e. The Balaban J connectivity index is 2.43. The van der Waals surface area contributed by atoms with Gasteiger partial charge in [0.05, 0.1) is 15.6 Å². The van der Waals surface area contributed by atoms with E-state index in [9.17, 15) is 4.79 Å². The lowest BCUT2D eigenvalue weighted by Gasteiger charge is -2.11. The fraction of sp³-hybridized carbons (Fsp3) is 0. The Hall–Kier alpha value is -1.50. The Labute approximate surface area is 132 Å². The number of benzene rings is 1. The summed E-state index contributed by atoms with van der Waals surface area (Å²) in [5.74, 6) is -0.999. The van der Waals surface area contributed by atoms with Gasteiger partial charge in [-0.3, -0.25) is 0 Å². The highest BCUT2D eigenvalue weighted by Gasteiger charge is 2.15. The van der Waals surface area contributed by atoms with Crippen LogP contribution in [0.2, 0.25) is 10.0 Å². The van der Waals surface area contributed by atoms with Gasteiger partial charge in [0.1, 0.15) is 11.4 Å². The second-order valence-corrected chi connectivity index (χ2v) is 5.35. The van der Waals surface area contributed by atoms with Crippen LogP contribution in [0.1, 0.15) is 10.4 Å². The lowest BCUT2D eigenvalue weighted by atomic mass is 10.2. The van der Waals surface area contributed by atoms with Crippen molar-refractivity contribution in [3.05, 3.63) is 44.5 Å². The van der Waals surface area contributed by atoms with Gasteiger partial charge in [0.15, 0.2) is 0 Å². The van der Waals surface area contributed by atoms with E-state index >= 15 is 0 Å². The topological polar surface area (TPSA) is 85.4 Å². The highest BCUT2D eigenvalue weighted by molar-refractivity contribution is 9.10. The molecule has 0 radical (unpaired) electrons. The highest BCUT2D eigenvalue weighted by Crippen LogP contribution is 2.37. The number of anilines is 1. The summed E-state index contributed by atoms with van der Waals surface area (Å²) in [4.78, 5) is 14.9. The fourth-order valence-electron chi connectivity index (χ4n) is 1.41. The maximum absolute atomic E-state index is 11.0. The van der Waals surface area contributed by atoms with Gasteiger partial charge in [-0.15, -0.1) is 0 Å². The monoisotopic (exact) mass is 376 g/mol. The van der Waals surface area contributed by atoms with Crippen molar-refractivity contribution in [2.24, 2.45) is 0 Å². The molecule has 0 amide bonds. The molecule has 1 heterocycles. The number of aromatic carboxylic acids is 1.